The molecule has 5 aliphatic rings. The number of aliphatic hydroxyl groups excluding tert-OH is 1. The van der Waals surface area contributed by atoms with Crippen molar-refractivity contribution in [3.63, 3.8) is 0 Å². The Hall–Kier alpha value is -1.88. The van der Waals surface area contributed by atoms with E-state index in [2.05, 4.69) is 53.8 Å². The molecular weight excluding hydrogens is 470 g/mol. The van der Waals surface area contributed by atoms with Crippen LogP contribution in [0.5, 0.6) is 0 Å². The normalized spacial score (nSPS) is 39.6. The highest BCUT2D eigenvalue weighted by atomic mass is 16.3. The summed E-state index contributed by atoms with van der Waals surface area (Å²) in [6.45, 7) is 11.1. The van der Waals surface area contributed by atoms with Crippen LogP contribution < -0.4 is 4.90 Å². The first-order chi connectivity index (χ1) is 18.3. The van der Waals surface area contributed by atoms with Crippen LogP contribution in [-0.2, 0) is 4.79 Å². The first kappa shape index (κ1) is 26.3. The number of carbonyl (C=O) groups excluding carboxylic acids is 1. The van der Waals surface area contributed by atoms with Gasteiger partial charge < -0.3 is 14.9 Å². The molecule has 1 saturated heterocycles. The Morgan fingerprint density at radius 1 is 1.05 bits per heavy atom. The number of hydrogen-bond acceptors (Lipinski definition) is 4. The Labute approximate surface area is 230 Å². The second kappa shape index (κ2) is 10.3. The molecule has 5 nitrogen and oxygen atoms in total. The molecule has 4 fully saturated rings. The first-order valence-corrected chi connectivity index (χ1v) is 15.6. The number of nitrogens with zero attached hydrogens (tertiary/aromatic N) is 3. The van der Waals surface area contributed by atoms with Gasteiger partial charge in [0.25, 0.3) is 0 Å². The maximum absolute atomic E-state index is 13.2. The number of amides is 1. The number of allylic oxidation sites excluding steroid dienone is 1. The van der Waals surface area contributed by atoms with Gasteiger partial charge in [-0.25, -0.2) is 0 Å². The molecule has 1 amide bonds. The minimum atomic E-state index is -0.121. The average Bonchev–Trinajstić information content (AvgIpc) is 3.30. The van der Waals surface area contributed by atoms with Crippen molar-refractivity contribution < 1.29 is 9.90 Å². The van der Waals surface area contributed by atoms with E-state index in [9.17, 15) is 9.90 Å². The van der Waals surface area contributed by atoms with Gasteiger partial charge in [0.05, 0.1) is 6.10 Å². The molecule has 38 heavy (non-hydrogen) atoms. The summed E-state index contributed by atoms with van der Waals surface area (Å²) in [6, 6.07) is 4.12. The van der Waals surface area contributed by atoms with Crippen LogP contribution >= 0.6 is 0 Å². The molecule has 1 unspecified atom stereocenters. The summed E-state index contributed by atoms with van der Waals surface area (Å²) in [5, 5.41) is 10.3. The molecule has 4 aliphatic carbocycles. The largest absolute Gasteiger partial charge is 0.393 e. The lowest BCUT2D eigenvalue weighted by Crippen LogP contribution is -2.51. The Kier molecular flexibility index (Phi) is 7.12. The Bertz CT molecular complexity index is 1030. The Balaban J connectivity index is 1.04. The summed E-state index contributed by atoms with van der Waals surface area (Å²) in [7, 11) is 0. The third-order valence-electron chi connectivity index (χ3n) is 12.3. The third kappa shape index (κ3) is 4.51. The number of carbonyl (C=O) groups is 1. The molecule has 0 aromatic carbocycles. The summed E-state index contributed by atoms with van der Waals surface area (Å²) in [4.78, 5) is 21.8. The number of fused-ring (bicyclic) bond motifs is 5. The van der Waals surface area contributed by atoms with Gasteiger partial charge in [-0.3, -0.25) is 9.78 Å². The van der Waals surface area contributed by atoms with E-state index in [1.54, 1.807) is 5.57 Å². The van der Waals surface area contributed by atoms with Crippen LogP contribution in [0, 0.1) is 40.4 Å². The van der Waals surface area contributed by atoms with E-state index in [1.165, 1.54) is 44.2 Å². The summed E-state index contributed by atoms with van der Waals surface area (Å²) in [5.74, 6) is 4.15. The van der Waals surface area contributed by atoms with Crippen molar-refractivity contribution in [2.24, 2.45) is 40.4 Å². The van der Waals surface area contributed by atoms with Crippen molar-refractivity contribution in [3.05, 3.63) is 36.2 Å². The molecule has 1 aromatic heterocycles. The maximum atomic E-state index is 13.2. The molecule has 1 aromatic rings. The summed E-state index contributed by atoms with van der Waals surface area (Å²) < 4.78 is 0. The first-order valence-electron chi connectivity index (χ1n) is 15.6. The van der Waals surface area contributed by atoms with E-state index in [0.29, 0.717) is 29.1 Å². The molecule has 1 N–H and O–H groups in total. The van der Waals surface area contributed by atoms with Gasteiger partial charge in [0, 0.05) is 50.7 Å². The van der Waals surface area contributed by atoms with Crippen molar-refractivity contribution >= 4 is 11.6 Å². The van der Waals surface area contributed by atoms with Gasteiger partial charge in [-0.2, -0.15) is 0 Å². The zero-order valence-electron chi connectivity index (χ0n) is 23.9. The quantitative estimate of drug-likeness (QED) is 0.479. The highest BCUT2D eigenvalue weighted by molar-refractivity contribution is 5.76. The minimum absolute atomic E-state index is 0.121. The Morgan fingerprint density at radius 2 is 1.82 bits per heavy atom. The number of aromatic nitrogens is 1. The van der Waals surface area contributed by atoms with Gasteiger partial charge in [-0.1, -0.05) is 32.4 Å². The monoisotopic (exact) mass is 519 g/mol. The van der Waals surface area contributed by atoms with Crippen LogP contribution in [0.2, 0.25) is 0 Å². The van der Waals surface area contributed by atoms with Crippen LogP contribution in [0.3, 0.4) is 0 Å². The molecule has 6 rings (SSSR count). The number of pyridine rings is 1. The number of aliphatic hydroxyl groups is 1. The lowest BCUT2D eigenvalue weighted by Gasteiger charge is -2.58. The standard InChI is InChI=1S/C33H49N3O2/c1-23(4-9-31(38)36-20-18-35(19-21-36)25-12-16-34-17-13-25)28-7-8-29-27-6-5-24-22-26(37)10-14-32(24,2)30(27)11-15-33(28,29)3/h5,12-13,16-17,23,26-30,37H,4,6-11,14-15,18-22H2,1-3H3/t23?,26-,27-,28+,29-,30-,32-,33+/m0/s1. The maximum Gasteiger partial charge on any atom is 0.222 e. The van der Waals surface area contributed by atoms with E-state index in [0.717, 1.165) is 69.1 Å². The van der Waals surface area contributed by atoms with Crippen LogP contribution in [0.25, 0.3) is 0 Å². The predicted molar refractivity (Wildman–Crippen MR) is 153 cm³/mol. The zero-order chi connectivity index (χ0) is 26.5. The topological polar surface area (TPSA) is 56.7 Å². The fourth-order valence-electron chi connectivity index (χ4n) is 10.1. The molecule has 0 radical (unpaired) electrons. The fourth-order valence-corrected chi connectivity index (χ4v) is 10.1. The van der Waals surface area contributed by atoms with Gasteiger partial charge in [0.15, 0.2) is 0 Å². The van der Waals surface area contributed by atoms with Crippen molar-refractivity contribution in [1.82, 2.24) is 9.88 Å². The highest BCUT2D eigenvalue weighted by Gasteiger charge is 2.59. The number of hydrogen-bond donors (Lipinski definition) is 1. The summed E-state index contributed by atoms with van der Waals surface area (Å²) in [5.41, 5.74) is 3.53. The Morgan fingerprint density at radius 3 is 2.58 bits per heavy atom. The van der Waals surface area contributed by atoms with Gasteiger partial charge in [-0.15, -0.1) is 0 Å². The molecule has 5 heteroatoms. The summed E-state index contributed by atoms with van der Waals surface area (Å²) in [6.07, 6.45) is 17.6. The highest BCUT2D eigenvalue weighted by Crippen LogP contribution is 2.67. The average molecular weight is 520 g/mol. The summed E-state index contributed by atoms with van der Waals surface area (Å²) >= 11 is 0. The smallest absolute Gasteiger partial charge is 0.222 e. The van der Waals surface area contributed by atoms with Gasteiger partial charge in [0.2, 0.25) is 5.91 Å². The van der Waals surface area contributed by atoms with Crippen molar-refractivity contribution in [3.8, 4) is 0 Å². The molecule has 2 heterocycles. The van der Waals surface area contributed by atoms with E-state index < -0.39 is 0 Å². The molecule has 208 valence electrons. The lowest BCUT2D eigenvalue weighted by atomic mass is 9.47. The van der Waals surface area contributed by atoms with Crippen LogP contribution in [0.15, 0.2) is 36.2 Å². The molecule has 8 atom stereocenters. The number of piperazine rings is 1. The van der Waals surface area contributed by atoms with Crippen LogP contribution in [0.4, 0.5) is 5.69 Å². The van der Waals surface area contributed by atoms with Crippen LogP contribution in [-0.4, -0.2) is 53.2 Å². The number of anilines is 1. The molecule has 0 bridgehead atoms. The lowest BCUT2D eigenvalue weighted by molar-refractivity contribution is -0.132. The minimum Gasteiger partial charge on any atom is -0.393 e. The fraction of sp³-hybridized carbons (Fsp3) is 0.758. The SMILES string of the molecule is CC(CCC(=O)N1CCN(c2ccncc2)CC1)[C@H]1CC[C@H]2[C@@H]3CC=C4C[C@@H](O)CC[C@]4(C)[C@H]3CC[C@]12C. The second-order valence-corrected chi connectivity index (χ2v) is 14.0. The van der Waals surface area contributed by atoms with Gasteiger partial charge in [-0.05, 0) is 110 Å². The molecule has 0 spiro atoms. The van der Waals surface area contributed by atoms with Gasteiger partial charge >= 0.3 is 0 Å². The van der Waals surface area contributed by atoms with E-state index in [1.807, 2.05) is 12.4 Å². The van der Waals surface area contributed by atoms with Crippen molar-refractivity contribution in [1.29, 1.82) is 0 Å². The van der Waals surface area contributed by atoms with Crippen LogP contribution in [0.1, 0.15) is 85.0 Å². The number of rotatable bonds is 5. The van der Waals surface area contributed by atoms with Gasteiger partial charge in [0.1, 0.15) is 0 Å². The zero-order valence-corrected chi connectivity index (χ0v) is 23.9. The van der Waals surface area contributed by atoms with E-state index in [-0.39, 0.29) is 6.10 Å². The second-order valence-electron chi connectivity index (χ2n) is 14.0. The molecular formula is C33H49N3O2. The van der Waals surface area contributed by atoms with Crippen molar-refractivity contribution in [2.45, 2.75) is 91.1 Å². The predicted octanol–water partition coefficient (Wildman–Crippen LogP) is 6.09. The third-order valence-corrected chi connectivity index (χ3v) is 12.3. The van der Waals surface area contributed by atoms with Crippen molar-refractivity contribution in [2.75, 3.05) is 31.1 Å². The van der Waals surface area contributed by atoms with E-state index in [4.69, 9.17) is 0 Å². The molecule has 3 saturated carbocycles. The molecule has 1 aliphatic heterocycles. The van der Waals surface area contributed by atoms with E-state index >= 15 is 0 Å².